The van der Waals surface area contributed by atoms with Crippen LogP contribution in [0.5, 0.6) is 11.5 Å². The highest BCUT2D eigenvalue weighted by atomic mass is 79.9. The molecule has 0 spiro atoms. The number of aromatic nitrogens is 1. The molecule has 1 aromatic heterocycles. The number of aliphatic imine (C=N–C) groups is 1. The van der Waals surface area contributed by atoms with Gasteiger partial charge in [-0.15, -0.1) is 0 Å². The number of nitrogens with one attached hydrogen (secondary N) is 1. The zero-order valence-electron chi connectivity index (χ0n) is 54.9. The minimum atomic E-state index is -0.0969. The summed E-state index contributed by atoms with van der Waals surface area (Å²) < 4.78 is 33.9. The van der Waals surface area contributed by atoms with Crippen molar-refractivity contribution < 1.29 is 38.0 Å². The molecule has 5 aromatic carbocycles. The number of aryl methyl sites for hydroxylation is 1. The average Bonchev–Trinajstić information content (AvgIpc) is 1.56. The van der Waals surface area contributed by atoms with Crippen LogP contribution in [-0.4, -0.2) is 112 Å². The number of ether oxygens (including phenoxy) is 6. The van der Waals surface area contributed by atoms with Gasteiger partial charge in [0, 0.05) is 54.2 Å². The lowest BCUT2D eigenvalue weighted by atomic mass is 9.95. The van der Waals surface area contributed by atoms with Gasteiger partial charge in [0.05, 0.1) is 79.3 Å². The summed E-state index contributed by atoms with van der Waals surface area (Å²) in [6.45, 7) is 18.3. The molecule has 480 valence electrons. The Bertz CT molecular complexity index is 3750. The van der Waals surface area contributed by atoms with E-state index in [-0.39, 0.29) is 17.7 Å². The molecule has 0 fully saturated rings. The molecule has 13 heteroatoms. The number of amides is 2. The van der Waals surface area contributed by atoms with Crippen LogP contribution in [0, 0.1) is 30.6 Å². The van der Waals surface area contributed by atoms with E-state index in [0.717, 1.165) is 151 Å². The predicted molar refractivity (Wildman–Crippen MR) is 377 cm³/mol. The third-order valence-electron chi connectivity index (χ3n) is 17.0. The fraction of sp³-hybridized carbons (Fsp3) is 0.354. The molecule has 1 N–H and O–H groups in total. The number of hydrogen-bond acceptors (Lipinski definition) is 9. The van der Waals surface area contributed by atoms with Crippen LogP contribution in [0.4, 0.5) is 0 Å². The molecule has 0 saturated heterocycles. The third kappa shape index (κ3) is 17.9. The minimum absolute atomic E-state index is 0.0969. The van der Waals surface area contributed by atoms with Gasteiger partial charge in [0.1, 0.15) is 24.7 Å². The van der Waals surface area contributed by atoms with E-state index in [9.17, 15) is 0 Å². The molecule has 0 radical (unpaired) electrons. The summed E-state index contributed by atoms with van der Waals surface area (Å²) in [5.41, 5.74) is 15.6. The first-order valence-corrected chi connectivity index (χ1v) is 33.5. The largest absolute Gasteiger partial charge is 0.491 e. The highest BCUT2D eigenvalue weighted by Gasteiger charge is 2.49. The van der Waals surface area contributed by atoms with Gasteiger partial charge in [0.2, 0.25) is 0 Å². The lowest BCUT2D eigenvalue weighted by Crippen LogP contribution is -2.34. The molecule has 0 saturated carbocycles. The van der Waals surface area contributed by atoms with Crippen LogP contribution >= 0.6 is 15.9 Å². The first-order chi connectivity index (χ1) is 44.9. The van der Waals surface area contributed by atoms with Crippen LogP contribution in [0.1, 0.15) is 142 Å². The number of methoxy groups -OCH3 is 2. The van der Waals surface area contributed by atoms with Crippen LogP contribution < -0.4 is 9.47 Å². The molecule has 2 atom stereocenters. The van der Waals surface area contributed by atoms with Crippen molar-refractivity contribution in [1.82, 2.24) is 14.8 Å². The standard InChI is InChI=1S/C79H89BrN4O8/c1-9-13-15-57(11-3)53-83-76(72-73(79(83)86)77(65-33-35-66(80)36-34-65)84(78(72)85)54-58(12-4)16-14-10-2)64-31-21-60(22-32-64)18-17-59-19-29-63(30-20-59)71(74-55(5)51-67(81-74)37-23-61-25-39-69(40-26-61)91-49-47-89-45-43-87-7)75-56(6)52-68(82-75)38-24-62-27-41-70(42-28-62)92-50-48-90-46-44-88-8/h19-42,51-52,57-58,81H,9-16,43-50,53-54H2,1-8H3/b37-23+,38-24+,75-71-. The number of H-pyrrole nitrogens is 1. The lowest BCUT2D eigenvalue weighted by Gasteiger charge is -2.29. The van der Waals surface area contributed by atoms with E-state index in [2.05, 4.69) is 129 Å². The first-order valence-electron chi connectivity index (χ1n) is 32.7. The summed E-state index contributed by atoms with van der Waals surface area (Å²) in [7, 11) is 3.32. The summed E-state index contributed by atoms with van der Waals surface area (Å²) in [5.74, 6) is 8.83. The molecule has 0 bridgehead atoms. The Hall–Kier alpha value is -8.09. The molecular formula is C79H89BrN4O8. The zero-order valence-corrected chi connectivity index (χ0v) is 56.5. The number of allylic oxidation sites excluding steroid dienone is 3. The van der Waals surface area contributed by atoms with Gasteiger partial charge in [-0.2, -0.15) is 0 Å². The molecular weight excluding hydrogens is 1210 g/mol. The van der Waals surface area contributed by atoms with Crippen molar-refractivity contribution in [2.45, 2.75) is 92.9 Å². The number of hydrogen-bond donors (Lipinski definition) is 1. The van der Waals surface area contributed by atoms with Crippen molar-refractivity contribution in [3.63, 3.8) is 0 Å². The van der Waals surface area contributed by atoms with E-state index in [1.807, 2.05) is 113 Å². The highest BCUT2D eigenvalue weighted by molar-refractivity contribution is 9.10. The van der Waals surface area contributed by atoms with E-state index < -0.39 is 0 Å². The molecule has 92 heavy (non-hydrogen) atoms. The molecule has 6 aromatic rings. The number of aromatic amines is 1. The van der Waals surface area contributed by atoms with Gasteiger partial charge in [-0.1, -0.05) is 167 Å². The Morgan fingerprint density at radius 2 is 1.04 bits per heavy atom. The van der Waals surface area contributed by atoms with Crippen LogP contribution in [0.2, 0.25) is 0 Å². The summed E-state index contributed by atoms with van der Waals surface area (Å²) in [6.07, 6.45) is 18.7. The minimum Gasteiger partial charge on any atom is -0.491 e. The SMILES string of the molecule is CCCCC(CC)CN1C(=O)C2=C(c3ccc(C#Cc4ccc(/C(=C5N=C(/C=C/c6ccc(OCCOCCOC)cc6)C=C/5C)c5[nH]c(/C=C/c6ccc(OCCOCCOC)cc6)cc5C)cc4)cc3)N(CC(CC)CCCC)C(=O)C2=C1c1ccc(Br)cc1. The molecule has 0 aliphatic carbocycles. The topological polar surface area (TPSA) is 124 Å². The highest BCUT2D eigenvalue weighted by Crippen LogP contribution is 2.48. The number of carbonyl (C=O) groups is 2. The zero-order chi connectivity index (χ0) is 64.8. The van der Waals surface area contributed by atoms with Crippen molar-refractivity contribution in [2.75, 3.05) is 80.2 Å². The lowest BCUT2D eigenvalue weighted by molar-refractivity contribution is -0.124. The van der Waals surface area contributed by atoms with Gasteiger partial charge in [-0.3, -0.25) is 9.59 Å². The van der Waals surface area contributed by atoms with E-state index >= 15 is 9.59 Å². The quantitative estimate of drug-likeness (QED) is 0.0313. The Labute approximate surface area is 553 Å². The normalized spacial score (nSPS) is 15.2. The molecule has 2 unspecified atom stereocenters. The Morgan fingerprint density at radius 1 is 0.576 bits per heavy atom. The second-order valence-corrected chi connectivity index (χ2v) is 24.5. The van der Waals surface area contributed by atoms with Gasteiger partial charge in [0.15, 0.2) is 0 Å². The summed E-state index contributed by atoms with van der Waals surface area (Å²) >= 11 is 3.62. The van der Waals surface area contributed by atoms with E-state index in [4.69, 9.17) is 33.4 Å². The first kappa shape index (κ1) is 68.3. The molecule has 4 heterocycles. The molecule has 2 amide bonds. The van der Waals surface area contributed by atoms with E-state index in [0.29, 0.717) is 88.7 Å². The van der Waals surface area contributed by atoms with Crippen molar-refractivity contribution in [3.8, 4) is 23.3 Å². The van der Waals surface area contributed by atoms with Crippen LogP contribution in [-0.2, 0) is 28.5 Å². The van der Waals surface area contributed by atoms with Crippen LogP contribution in [0.3, 0.4) is 0 Å². The summed E-state index contributed by atoms with van der Waals surface area (Å²) in [6, 6.07) is 42.7. The number of benzene rings is 5. The fourth-order valence-electron chi connectivity index (χ4n) is 11.7. The summed E-state index contributed by atoms with van der Waals surface area (Å²) in [4.78, 5) is 43.3. The van der Waals surface area contributed by atoms with Gasteiger partial charge in [-0.05, 0) is 162 Å². The number of nitrogens with zero attached hydrogens (tertiary/aromatic N) is 3. The van der Waals surface area contributed by atoms with Gasteiger partial charge in [-0.25, -0.2) is 4.99 Å². The van der Waals surface area contributed by atoms with E-state index in [1.165, 1.54) is 0 Å². The predicted octanol–water partition coefficient (Wildman–Crippen LogP) is 16.9. The van der Waals surface area contributed by atoms with E-state index in [1.54, 1.807) is 14.2 Å². The third-order valence-corrected chi connectivity index (χ3v) is 17.5. The molecule has 12 nitrogen and oxygen atoms in total. The fourth-order valence-corrected chi connectivity index (χ4v) is 12.0. The average molecular weight is 1300 g/mol. The Kier molecular flexibility index (Phi) is 25.6. The number of unbranched alkanes of at least 4 members (excludes halogenated alkanes) is 2. The van der Waals surface area contributed by atoms with Crippen molar-refractivity contribution in [1.29, 1.82) is 0 Å². The monoisotopic (exact) mass is 1300 g/mol. The van der Waals surface area contributed by atoms with Gasteiger partial charge < -0.3 is 43.2 Å². The number of halogens is 1. The Morgan fingerprint density at radius 3 is 1.52 bits per heavy atom. The molecule has 9 rings (SSSR count). The maximum Gasteiger partial charge on any atom is 0.261 e. The van der Waals surface area contributed by atoms with Gasteiger partial charge in [0.25, 0.3) is 11.8 Å². The summed E-state index contributed by atoms with van der Waals surface area (Å²) in [5, 5.41) is 0. The number of fused-ring (bicyclic) bond motifs is 1. The van der Waals surface area contributed by atoms with Crippen LogP contribution in [0.15, 0.2) is 171 Å². The Balaban J connectivity index is 1.00. The number of carbonyl (C=O) groups excluding carboxylic acids is 2. The maximum absolute atomic E-state index is 15.2. The second kappa shape index (κ2) is 34.5. The second-order valence-electron chi connectivity index (χ2n) is 23.6. The molecule has 3 aliphatic heterocycles. The maximum atomic E-state index is 15.2. The van der Waals surface area contributed by atoms with Crippen molar-refractivity contribution in [3.05, 3.63) is 222 Å². The van der Waals surface area contributed by atoms with Crippen molar-refractivity contribution >= 4 is 68.7 Å². The van der Waals surface area contributed by atoms with Crippen LogP contribution in [0.25, 0.3) is 35.2 Å². The molecule has 3 aliphatic rings. The van der Waals surface area contributed by atoms with Crippen molar-refractivity contribution in [2.24, 2.45) is 16.8 Å². The smallest absolute Gasteiger partial charge is 0.261 e. The number of rotatable bonds is 34. The van der Waals surface area contributed by atoms with Gasteiger partial charge >= 0.3 is 0 Å².